The second-order valence-electron chi connectivity index (χ2n) is 9.30. The van der Waals surface area contributed by atoms with Crippen LogP contribution in [0.4, 0.5) is 11.4 Å². The van der Waals surface area contributed by atoms with E-state index >= 15 is 0 Å². The predicted octanol–water partition coefficient (Wildman–Crippen LogP) is 5.03. The topological polar surface area (TPSA) is 72.9 Å². The fourth-order valence-corrected chi connectivity index (χ4v) is 4.50. The van der Waals surface area contributed by atoms with Crippen LogP contribution in [0, 0.1) is 20.8 Å². The maximum absolute atomic E-state index is 13.7. The molecule has 33 heavy (non-hydrogen) atoms. The van der Waals surface area contributed by atoms with E-state index < -0.39 is 6.04 Å². The maximum Gasteiger partial charge on any atom is 0.251 e. The number of nitrogens with zero attached hydrogens (tertiary/aromatic N) is 2. The first-order valence-corrected chi connectivity index (χ1v) is 11.9. The SMILES string of the molecule is CCCCCC(=O)N1CCc2ccc(N(C)C)cc2C1C(=O)Nc1cc(C)c(O)c(C)c1C. The highest BCUT2D eigenvalue weighted by Crippen LogP contribution is 2.36. The molecule has 6 heteroatoms. The number of phenols is 1. The molecule has 0 aliphatic carbocycles. The van der Waals surface area contributed by atoms with Crippen molar-refractivity contribution < 1.29 is 14.7 Å². The highest BCUT2D eigenvalue weighted by Gasteiger charge is 2.36. The highest BCUT2D eigenvalue weighted by molar-refractivity contribution is 5.99. The molecule has 3 rings (SSSR count). The average molecular weight is 452 g/mol. The summed E-state index contributed by atoms with van der Waals surface area (Å²) in [6.45, 7) is 8.20. The number of carbonyl (C=O) groups is 2. The zero-order valence-corrected chi connectivity index (χ0v) is 20.8. The summed E-state index contributed by atoms with van der Waals surface area (Å²) in [5.74, 6) is 0.0550. The molecule has 1 atom stereocenters. The van der Waals surface area contributed by atoms with Gasteiger partial charge in [-0.15, -0.1) is 0 Å². The molecule has 2 N–H and O–H groups in total. The molecule has 0 spiro atoms. The molecular formula is C27H37N3O3. The Kier molecular flexibility index (Phi) is 7.67. The van der Waals surface area contributed by atoms with Gasteiger partial charge in [-0.3, -0.25) is 9.59 Å². The minimum Gasteiger partial charge on any atom is -0.507 e. The van der Waals surface area contributed by atoms with Crippen molar-refractivity contribution in [1.82, 2.24) is 4.90 Å². The molecule has 1 aliphatic rings. The van der Waals surface area contributed by atoms with Gasteiger partial charge in [0.2, 0.25) is 5.91 Å². The van der Waals surface area contributed by atoms with E-state index in [1.165, 1.54) is 0 Å². The molecule has 0 saturated carbocycles. The molecule has 0 fully saturated rings. The molecule has 1 aliphatic heterocycles. The van der Waals surface area contributed by atoms with Crippen LogP contribution in [0.5, 0.6) is 5.75 Å². The molecule has 2 aromatic rings. The van der Waals surface area contributed by atoms with Crippen molar-refractivity contribution in [2.75, 3.05) is 30.9 Å². The molecule has 0 saturated heterocycles. The average Bonchev–Trinajstić information content (AvgIpc) is 2.79. The Labute approximate surface area is 197 Å². The van der Waals surface area contributed by atoms with E-state index in [0.717, 1.165) is 53.6 Å². The van der Waals surface area contributed by atoms with Gasteiger partial charge < -0.3 is 20.2 Å². The van der Waals surface area contributed by atoms with Crippen LogP contribution < -0.4 is 10.2 Å². The van der Waals surface area contributed by atoms with Gasteiger partial charge in [-0.25, -0.2) is 0 Å². The second kappa shape index (κ2) is 10.3. The number of nitrogens with one attached hydrogen (secondary N) is 1. The highest BCUT2D eigenvalue weighted by atomic mass is 16.3. The van der Waals surface area contributed by atoms with Crippen molar-refractivity contribution in [3.8, 4) is 5.75 Å². The number of carbonyl (C=O) groups excluding carboxylic acids is 2. The van der Waals surface area contributed by atoms with Gasteiger partial charge in [0.1, 0.15) is 11.8 Å². The number of unbranched alkanes of at least 4 members (excludes halogenated alkanes) is 2. The van der Waals surface area contributed by atoms with Crippen molar-refractivity contribution in [1.29, 1.82) is 0 Å². The van der Waals surface area contributed by atoms with Gasteiger partial charge in [0.15, 0.2) is 0 Å². The van der Waals surface area contributed by atoms with E-state index in [1.807, 2.05) is 45.8 Å². The van der Waals surface area contributed by atoms with E-state index in [1.54, 1.807) is 11.0 Å². The van der Waals surface area contributed by atoms with Crippen molar-refractivity contribution in [2.24, 2.45) is 0 Å². The normalized spacial score (nSPS) is 15.2. The molecule has 0 radical (unpaired) electrons. The largest absolute Gasteiger partial charge is 0.507 e. The molecule has 1 unspecified atom stereocenters. The van der Waals surface area contributed by atoms with Crippen LogP contribution in [-0.2, 0) is 16.0 Å². The molecule has 0 aromatic heterocycles. The Hall–Kier alpha value is -3.02. The quantitative estimate of drug-likeness (QED) is 0.458. The molecule has 0 bridgehead atoms. The number of aromatic hydroxyl groups is 1. The van der Waals surface area contributed by atoms with Crippen molar-refractivity contribution in [3.05, 3.63) is 52.1 Å². The molecule has 2 amide bonds. The first-order chi connectivity index (χ1) is 15.6. The third-order valence-corrected chi connectivity index (χ3v) is 6.75. The Bertz CT molecular complexity index is 1050. The van der Waals surface area contributed by atoms with Gasteiger partial charge >= 0.3 is 0 Å². The lowest BCUT2D eigenvalue weighted by molar-refractivity contribution is -0.139. The maximum atomic E-state index is 13.7. The van der Waals surface area contributed by atoms with Gasteiger partial charge in [0.25, 0.3) is 5.91 Å². The number of benzene rings is 2. The van der Waals surface area contributed by atoms with Crippen LogP contribution in [0.15, 0.2) is 24.3 Å². The summed E-state index contributed by atoms with van der Waals surface area (Å²) >= 11 is 0. The first kappa shape index (κ1) is 24.6. The fraction of sp³-hybridized carbons (Fsp3) is 0.481. The van der Waals surface area contributed by atoms with Crippen LogP contribution >= 0.6 is 0 Å². The summed E-state index contributed by atoms with van der Waals surface area (Å²) in [6, 6.07) is 7.28. The van der Waals surface area contributed by atoms with Gasteiger partial charge in [0.05, 0.1) is 0 Å². The number of aryl methyl sites for hydroxylation is 1. The second-order valence-corrected chi connectivity index (χ2v) is 9.30. The van der Waals surface area contributed by atoms with E-state index in [4.69, 9.17) is 0 Å². The van der Waals surface area contributed by atoms with Crippen LogP contribution in [0.3, 0.4) is 0 Å². The van der Waals surface area contributed by atoms with Crippen LogP contribution in [0.2, 0.25) is 0 Å². The minimum absolute atomic E-state index is 0.0271. The number of phenolic OH excluding ortho intramolecular Hbond substituents is 1. The van der Waals surface area contributed by atoms with E-state index in [0.29, 0.717) is 24.2 Å². The molecule has 2 aromatic carbocycles. The summed E-state index contributed by atoms with van der Waals surface area (Å²) in [4.78, 5) is 30.7. The predicted molar refractivity (Wildman–Crippen MR) is 134 cm³/mol. The Balaban J connectivity index is 2.00. The summed E-state index contributed by atoms with van der Waals surface area (Å²) in [7, 11) is 3.94. The number of hydrogen-bond acceptors (Lipinski definition) is 4. The first-order valence-electron chi connectivity index (χ1n) is 11.9. The number of fused-ring (bicyclic) bond motifs is 1. The fourth-order valence-electron chi connectivity index (χ4n) is 4.50. The summed E-state index contributed by atoms with van der Waals surface area (Å²) in [5.41, 5.74) is 5.94. The zero-order chi connectivity index (χ0) is 24.3. The van der Waals surface area contributed by atoms with Gasteiger partial charge in [-0.2, -0.15) is 0 Å². The van der Waals surface area contributed by atoms with Crippen LogP contribution in [-0.4, -0.2) is 42.5 Å². The molecule has 178 valence electrons. The van der Waals surface area contributed by atoms with Crippen molar-refractivity contribution in [3.63, 3.8) is 0 Å². The number of rotatable bonds is 7. The number of amides is 2. The van der Waals surface area contributed by atoms with Crippen molar-refractivity contribution in [2.45, 2.75) is 65.8 Å². The Morgan fingerprint density at radius 1 is 1.12 bits per heavy atom. The lowest BCUT2D eigenvalue weighted by atomic mass is 9.90. The van der Waals surface area contributed by atoms with Gasteiger partial charge in [0, 0.05) is 38.4 Å². The van der Waals surface area contributed by atoms with Crippen LogP contribution in [0.25, 0.3) is 0 Å². The van der Waals surface area contributed by atoms with E-state index in [-0.39, 0.29) is 17.6 Å². The van der Waals surface area contributed by atoms with E-state index in [9.17, 15) is 14.7 Å². The summed E-state index contributed by atoms with van der Waals surface area (Å²) in [5, 5.41) is 13.3. The third kappa shape index (κ3) is 5.15. The van der Waals surface area contributed by atoms with E-state index in [2.05, 4.69) is 24.4 Å². The molecule has 1 heterocycles. The minimum atomic E-state index is -0.684. The van der Waals surface area contributed by atoms with Crippen molar-refractivity contribution >= 4 is 23.2 Å². The Morgan fingerprint density at radius 2 is 1.85 bits per heavy atom. The molecular weight excluding hydrogens is 414 g/mol. The smallest absolute Gasteiger partial charge is 0.251 e. The summed E-state index contributed by atoms with van der Waals surface area (Å²) < 4.78 is 0. The van der Waals surface area contributed by atoms with Gasteiger partial charge in [-0.05, 0) is 79.6 Å². The lowest BCUT2D eigenvalue weighted by Gasteiger charge is -2.37. The molecule has 6 nitrogen and oxygen atoms in total. The van der Waals surface area contributed by atoms with Gasteiger partial charge in [-0.1, -0.05) is 25.8 Å². The monoisotopic (exact) mass is 451 g/mol. The Morgan fingerprint density at radius 3 is 2.52 bits per heavy atom. The number of hydrogen-bond donors (Lipinski definition) is 2. The standard InChI is InChI=1S/C27H37N3O3/c1-7-8-9-10-24(31)30-14-13-20-11-12-21(29(5)6)16-22(20)25(30)27(33)28-23-15-17(2)26(32)19(4)18(23)3/h11-12,15-16,25,32H,7-10,13-14H2,1-6H3,(H,28,33). The third-order valence-electron chi connectivity index (χ3n) is 6.75. The summed E-state index contributed by atoms with van der Waals surface area (Å²) in [6.07, 6.45) is 4.08. The number of anilines is 2. The lowest BCUT2D eigenvalue weighted by Crippen LogP contribution is -2.45. The van der Waals surface area contributed by atoms with Crippen LogP contribution in [0.1, 0.15) is 66.5 Å². The zero-order valence-electron chi connectivity index (χ0n) is 20.8.